The maximum atomic E-state index is 6.18. The molecule has 0 aliphatic rings. The van der Waals surface area contributed by atoms with Gasteiger partial charge in [-0.3, -0.25) is 0 Å². The minimum absolute atomic E-state index is 0.507. The summed E-state index contributed by atoms with van der Waals surface area (Å²) >= 11 is 0. The predicted molar refractivity (Wildman–Crippen MR) is 112 cm³/mol. The van der Waals surface area contributed by atoms with E-state index in [4.69, 9.17) is 14.2 Å². The Morgan fingerprint density at radius 2 is 1.29 bits per heavy atom. The largest absolute Gasteiger partial charge is 0.496 e. The van der Waals surface area contributed by atoms with Crippen LogP contribution < -0.4 is 19.5 Å². The number of hydrogen-bond acceptors (Lipinski definition) is 4. The first-order valence-electron chi connectivity index (χ1n) is 9.38. The Morgan fingerprint density at radius 1 is 0.679 bits per heavy atom. The maximum Gasteiger partial charge on any atom is 0.166 e. The van der Waals surface area contributed by atoms with E-state index in [1.807, 2.05) is 42.5 Å². The molecule has 4 heteroatoms. The molecule has 28 heavy (non-hydrogen) atoms. The summed E-state index contributed by atoms with van der Waals surface area (Å²) in [5, 5.41) is 3.48. The van der Waals surface area contributed by atoms with Crippen molar-refractivity contribution in [1.82, 2.24) is 5.32 Å². The van der Waals surface area contributed by atoms with Crippen molar-refractivity contribution in [3.8, 4) is 17.2 Å². The molecule has 3 aromatic rings. The SMILES string of the molecule is COc1ccccc1CNCc1cccc(OC)c1OCc1ccccc1C. The molecule has 0 spiro atoms. The molecule has 4 nitrogen and oxygen atoms in total. The van der Waals surface area contributed by atoms with Gasteiger partial charge in [0.15, 0.2) is 11.5 Å². The molecule has 0 saturated carbocycles. The van der Waals surface area contributed by atoms with Crippen LogP contribution >= 0.6 is 0 Å². The Balaban J connectivity index is 1.71. The number of para-hydroxylation sites is 2. The lowest BCUT2D eigenvalue weighted by Gasteiger charge is -2.17. The summed E-state index contributed by atoms with van der Waals surface area (Å²) in [6.07, 6.45) is 0. The van der Waals surface area contributed by atoms with E-state index >= 15 is 0 Å². The molecule has 0 bridgehead atoms. The molecular formula is C24H27NO3. The van der Waals surface area contributed by atoms with Crippen LogP contribution in [0.5, 0.6) is 17.2 Å². The van der Waals surface area contributed by atoms with Crippen molar-refractivity contribution in [2.24, 2.45) is 0 Å². The van der Waals surface area contributed by atoms with Crippen molar-refractivity contribution in [3.05, 3.63) is 89.0 Å². The Bertz CT molecular complexity index is 908. The van der Waals surface area contributed by atoms with Gasteiger partial charge < -0.3 is 19.5 Å². The van der Waals surface area contributed by atoms with E-state index in [2.05, 4.69) is 36.5 Å². The second-order valence-electron chi connectivity index (χ2n) is 6.58. The number of rotatable bonds is 9. The molecule has 1 N–H and O–H groups in total. The summed E-state index contributed by atoms with van der Waals surface area (Å²) in [6, 6.07) is 22.2. The van der Waals surface area contributed by atoms with Crippen LogP contribution in [0.2, 0.25) is 0 Å². The third-order valence-corrected chi connectivity index (χ3v) is 4.74. The minimum atomic E-state index is 0.507. The molecular weight excluding hydrogens is 350 g/mol. The van der Waals surface area contributed by atoms with E-state index in [-0.39, 0.29) is 0 Å². The molecule has 0 aromatic heterocycles. The molecule has 0 radical (unpaired) electrons. The number of hydrogen-bond donors (Lipinski definition) is 1. The zero-order valence-electron chi connectivity index (χ0n) is 16.7. The van der Waals surface area contributed by atoms with Gasteiger partial charge in [0.25, 0.3) is 0 Å². The maximum absolute atomic E-state index is 6.18. The average molecular weight is 377 g/mol. The van der Waals surface area contributed by atoms with Crippen LogP contribution in [0.3, 0.4) is 0 Å². The van der Waals surface area contributed by atoms with Crippen LogP contribution in [0.25, 0.3) is 0 Å². The highest BCUT2D eigenvalue weighted by Gasteiger charge is 2.12. The highest BCUT2D eigenvalue weighted by molar-refractivity contribution is 5.47. The molecule has 0 heterocycles. The van der Waals surface area contributed by atoms with Crippen molar-refractivity contribution in [1.29, 1.82) is 0 Å². The van der Waals surface area contributed by atoms with Crippen molar-refractivity contribution >= 4 is 0 Å². The van der Waals surface area contributed by atoms with Crippen molar-refractivity contribution in [3.63, 3.8) is 0 Å². The standard InChI is InChI=1S/C24H27NO3/c1-18-9-4-5-11-21(18)17-28-24-20(12-8-14-23(24)27-3)16-25-15-19-10-6-7-13-22(19)26-2/h4-14,25H,15-17H2,1-3H3. The molecule has 0 fully saturated rings. The van der Waals surface area contributed by atoms with Gasteiger partial charge in [0.2, 0.25) is 0 Å². The third kappa shape index (κ3) is 4.84. The summed E-state index contributed by atoms with van der Waals surface area (Å²) in [6.45, 7) is 3.97. The summed E-state index contributed by atoms with van der Waals surface area (Å²) in [7, 11) is 3.36. The molecule has 146 valence electrons. The fraction of sp³-hybridized carbons (Fsp3) is 0.250. The predicted octanol–water partition coefficient (Wildman–Crippen LogP) is 4.88. The smallest absolute Gasteiger partial charge is 0.166 e. The Labute approximate surface area is 167 Å². The molecule has 3 rings (SSSR count). The van der Waals surface area contributed by atoms with Gasteiger partial charge in [-0.2, -0.15) is 0 Å². The van der Waals surface area contributed by atoms with Gasteiger partial charge in [-0.15, -0.1) is 0 Å². The lowest BCUT2D eigenvalue weighted by Crippen LogP contribution is -2.14. The Kier molecular flexibility index (Phi) is 6.93. The Morgan fingerprint density at radius 3 is 2.04 bits per heavy atom. The number of methoxy groups -OCH3 is 2. The number of benzene rings is 3. The minimum Gasteiger partial charge on any atom is -0.496 e. The van der Waals surface area contributed by atoms with Crippen LogP contribution in [0.1, 0.15) is 22.3 Å². The monoisotopic (exact) mass is 377 g/mol. The van der Waals surface area contributed by atoms with E-state index in [0.717, 1.165) is 28.4 Å². The summed E-state index contributed by atoms with van der Waals surface area (Å²) in [5.74, 6) is 2.41. The average Bonchev–Trinajstić information content (AvgIpc) is 2.74. The molecule has 0 unspecified atom stereocenters. The first kappa shape index (κ1) is 19.8. The lowest BCUT2D eigenvalue weighted by molar-refractivity contribution is 0.280. The van der Waals surface area contributed by atoms with Crippen LogP contribution in [0.15, 0.2) is 66.7 Å². The topological polar surface area (TPSA) is 39.7 Å². The number of aryl methyl sites for hydroxylation is 1. The van der Waals surface area contributed by atoms with E-state index in [1.54, 1.807) is 14.2 Å². The van der Waals surface area contributed by atoms with E-state index in [1.165, 1.54) is 11.1 Å². The number of nitrogens with one attached hydrogen (secondary N) is 1. The van der Waals surface area contributed by atoms with E-state index in [9.17, 15) is 0 Å². The zero-order valence-corrected chi connectivity index (χ0v) is 16.7. The van der Waals surface area contributed by atoms with Gasteiger partial charge in [0, 0.05) is 24.2 Å². The highest BCUT2D eigenvalue weighted by Crippen LogP contribution is 2.32. The van der Waals surface area contributed by atoms with Gasteiger partial charge in [-0.1, -0.05) is 54.6 Å². The Hall–Kier alpha value is -2.98. The molecule has 0 aliphatic carbocycles. The normalized spacial score (nSPS) is 10.5. The fourth-order valence-corrected chi connectivity index (χ4v) is 3.13. The molecule has 0 aliphatic heterocycles. The van der Waals surface area contributed by atoms with Crippen LogP contribution in [0.4, 0.5) is 0 Å². The second-order valence-corrected chi connectivity index (χ2v) is 6.58. The van der Waals surface area contributed by atoms with Crippen molar-refractivity contribution < 1.29 is 14.2 Å². The van der Waals surface area contributed by atoms with Crippen molar-refractivity contribution in [2.45, 2.75) is 26.6 Å². The summed E-state index contributed by atoms with van der Waals surface area (Å²) < 4.78 is 17.1. The zero-order chi connectivity index (χ0) is 19.8. The van der Waals surface area contributed by atoms with Gasteiger partial charge in [0.1, 0.15) is 12.4 Å². The molecule has 0 atom stereocenters. The third-order valence-electron chi connectivity index (χ3n) is 4.74. The van der Waals surface area contributed by atoms with Crippen LogP contribution in [-0.4, -0.2) is 14.2 Å². The number of ether oxygens (including phenoxy) is 3. The van der Waals surface area contributed by atoms with Crippen molar-refractivity contribution in [2.75, 3.05) is 14.2 Å². The first-order valence-corrected chi connectivity index (χ1v) is 9.38. The molecule has 0 amide bonds. The second kappa shape index (κ2) is 9.81. The van der Waals surface area contributed by atoms with Crippen LogP contribution in [0, 0.1) is 6.92 Å². The van der Waals surface area contributed by atoms with E-state index < -0.39 is 0 Å². The van der Waals surface area contributed by atoms with Gasteiger partial charge in [0.05, 0.1) is 14.2 Å². The van der Waals surface area contributed by atoms with Crippen LogP contribution in [-0.2, 0) is 19.7 Å². The van der Waals surface area contributed by atoms with Gasteiger partial charge >= 0.3 is 0 Å². The molecule has 0 saturated heterocycles. The highest BCUT2D eigenvalue weighted by atomic mass is 16.5. The van der Waals surface area contributed by atoms with E-state index in [0.29, 0.717) is 19.7 Å². The van der Waals surface area contributed by atoms with Gasteiger partial charge in [-0.25, -0.2) is 0 Å². The quantitative estimate of drug-likeness (QED) is 0.577. The fourth-order valence-electron chi connectivity index (χ4n) is 3.13. The lowest BCUT2D eigenvalue weighted by atomic mass is 10.1. The first-order chi connectivity index (χ1) is 13.7. The summed E-state index contributed by atoms with van der Waals surface area (Å²) in [4.78, 5) is 0. The molecule has 3 aromatic carbocycles. The van der Waals surface area contributed by atoms with Gasteiger partial charge in [-0.05, 0) is 30.2 Å². The summed E-state index contributed by atoms with van der Waals surface area (Å²) in [5.41, 5.74) is 4.56.